The molecule has 1 aromatic heterocycles. The monoisotopic (exact) mass is 288 g/mol. The Kier molecular flexibility index (Phi) is 4.54. The predicted octanol–water partition coefficient (Wildman–Crippen LogP) is 4.12. The van der Waals surface area contributed by atoms with Gasteiger partial charge in [-0.1, -0.05) is 31.0 Å². The molecule has 2 atom stereocenters. The first-order chi connectivity index (χ1) is 9.84. The van der Waals surface area contributed by atoms with Crippen LogP contribution >= 0.6 is 11.6 Å². The van der Waals surface area contributed by atoms with Crippen molar-refractivity contribution in [3.05, 3.63) is 42.1 Å². The van der Waals surface area contributed by atoms with Gasteiger partial charge in [0.15, 0.2) is 0 Å². The molecule has 1 aromatic carbocycles. The minimum absolute atomic E-state index is 0.352. The van der Waals surface area contributed by atoms with Crippen molar-refractivity contribution in [1.82, 2.24) is 10.3 Å². The Hall–Kier alpha value is -1.12. The van der Waals surface area contributed by atoms with Gasteiger partial charge in [0.1, 0.15) is 0 Å². The molecule has 3 heteroatoms. The first-order valence-electron chi connectivity index (χ1n) is 7.52. The van der Waals surface area contributed by atoms with Crippen molar-refractivity contribution in [3.8, 4) is 0 Å². The van der Waals surface area contributed by atoms with E-state index in [2.05, 4.69) is 34.6 Å². The summed E-state index contributed by atoms with van der Waals surface area (Å²) < 4.78 is 0. The van der Waals surface area contributed by atoms with E-state index in [1.54, 1.807) is 0 Å². The molecule has 3 rings (SSSR count). The number of aromatic nitrogens is 1. The van der Waals surface area contributed by atoms with Gasteiger partial charge in [0, 0.05) is 23.5 Å². The van der Waals surface area contributed by atoms with Crippen LogP contribution in [0.25, 0.3) is 10.9 Å². The maximum absolute atomic E-state index is 6.41. The summed E-state index contributed by atoms with van der Waals surface area (Å²) in [5.41, 5.74) is 2.39. The van der Waals surface area contributed by atoms with E-state index >= 15 is 0 Å². The van der Waals surface area contributed by atoms with Crippen LogP contribution in [0.3, 0.4) is 0 Å². The van der Waals surface area contributed by atoms with Crippen LogP contribution in [0.15, 0.2) is 36.5 Å². The van der Waals surface area contributed by atoms with Gasteiger partial charge in [0.2, 0.25) is 0 Å². The number of hydrogen-bond acceptors (Lipinski definition) is 2. The second-order valence-corrected chi connectivity index (χ2v) is 6.24. The Morgan fingerprint density at radius 3 is 2.90 bits per heavy atom. The van der Waals surface area contributed by atoms with Crippen LogP contribution in [0.4, 0.5) is 0 Å². The van der Waals surface area contributed by atoms with Crippen LogP contribution in [0.5, 0.6) is 0 Å². The van der Waals surface area contributed by atoms with Gasteiger partial charge in [0.05, 0.1) is 5.52 Å². The van der Waals surface area contributed by atoms with Gasteiger partial charge < -0.3 is 5.32 Å². The number of halogens is 1. The van der Waals surface area contributed by atoms with Gasteiger partial charge >= 0.3 is 0 Å². The standard InChI is InChI=1S/C17H21ClN2/c18-16-7-3-1-5-14(16)12-19-11-13-9-10-20-17-8-4-2-6-15(13)17/h2,4,6,8-10,14,16,19H,1,3,5,7,11-12H2. The van der Waals surface area contributed by atoms with Gasteiger partial charge in [-0.3, -0.25) is 4.98 Å². The van der Waals surface area contributed by atoms with E-state index in [0.29, 0.717) is 11.3 Å². The van der Waals surface area contributed by atoms with Gasteiger partial charge in [-0.25, -0.2) is 0 Å². The number of nitrogens with one attached hydrogen (secondary N) is 1. The fourth-order valence-electron chi connectivity index (χ4n) is 3.09. The SMILES string of the molecule is ClC1CCCCC1CNCc1ccnc2ccccc12. The van der Waals surface area contributed by atoms with Crippen LogP contribution in [-0.2, 0) is 6.54 Å². The molecule has 1 N–H and O–H groups in total. The molecule has 106 valence electrons. The van der Waals surface area contributed by atoms with Crippen molar-refractivity contribution in [2.24, 2.45) is 5.92 Å². The highest BCUT2D eigenvalue weighted by Gasteiger charge is 2.22. The molecule has 1 heterocycles. The highest BCUT2D eigenvalue weighted by atomic mass is 35.5. The summed E-state index contributed by atoms with van der Waals surface area (Å²) in [6, 6.07) is 10.4. The number of hydrogen-bond donors (Lipinski definition) is 1. The van der Waals surface area contributed by atoms with E-state index < -0.39 is 0 Å². The summed E-state index contributed by atoms with van der Waals surface area (Å²) in [7, 11) is 0. The summed E-state index contributed by atoms with van der Waals surface area (Å²) in [6.45, 7) is 1.91. The van der Waals surface area contributed by atoms with Crippen molar-refractivity contribution in [1.29, 1.82) is 0 Å². The third kappa shape index (κ3) is 3.13. The smallest absolute Gasteiger partial charge is 0.0705 e. The first-order valence-corrected chi connectivity index (χ1v) is 7.95. The third-order valence-corrected chi connectivity index (χ3v) is 4.85. The lowest BCUT2D eigenvalue weighted by Gasteiger charge is -2.27. The lowest BCUT2D eigenvalue weighted by atomic mass is 9.88. The van der Waals surface area contributed by atoms with Crippen LogP contribution in [-0.4, -0.2) is 16.9 Å². The average molecular weight is 289 g/mol. The number of fused-ring (bicyclic) bond motifs is 1. The molecule has 2 nitrogen and oxygen atoms in total. The molecule has 0 spiro atoms. The van der Waals surface area contributed by atoms with E-state index in [9.17, 15) is 0 Å². The maximum atomic E-state index is 6.41. The third-order valence-electron chi connectivity index (χ3n) is 4.28. The highest BCUT2D eigenvalue weighted by molar-refractivity contribution is 6.20. The number of pyridine rings is 1. The van der Waals surface area contributed by atoms with Crippen LogP contribution in [0.2, 0.25) is 0 Å². The minimum atomic E-state index is 0.352. The number of benzene rings is 1. The van der Waals surface area contributed by atoms with E-state index in [4.69, 9.17) is 11.6 Å². The van der Waals surface area contributed by atoms with E-state index in [1.807, 2.05) is 12.3 Å². The zero-order chi connectivity index (χ0) is 13.8. The van der Waals surface area contributed by atoms with Crippen molar-refractivity contribution >= 4 is 22.5 Å². The zero-order valence-electron chi connectivity index (χ0n) is 11.7. The summed E-state index contributed by atoms with van der Waals surface area (Å²) >= 11 is 6.41. The second kappa shape index (κ2) is 6.55. The predicted molar refractivity (Wildman–Crippen MR) is 85.0 cm³/mol. The molecule has 1 fully saturated rings. The van der Waals surface area contributed by atoms with Crippen LogP contribution in [0.1, 0.15) is 31.2 Å². The van der Waals surface area contributed by atoms with Gasteiger partial charge in [-0.2, -0.15) is 0 Å². The molecule has 0 aliphatic heterocycles. The largest absolute Gasteiger partial charge is 0.312 e. The lowest BCUT2D eigenvalue weighted by molar-refractivity contribution is 0.348. The van der Waals surface area contributed by atoms with Crippen LogP contribution in [0, 0.1) is 5.92 Å². The number of alkyl halides is 1. The number of rotatable bonds is 4. The molecule has 1 aliphatic carbocycles. The average Bonchev–Trinajstić information content (AvgIpc) is 2.49. The van der Waals surface area contributed by atoms with Crippen LogP contribution < -0.4 is 5.32 Å². The van der Waals surface area contributed by atoms with E-state index in [0.717, 1.165) is 18.6 Å². The zero-order valence-corrected chi connectivity index (χ0v) is 12.4. The fraction of sp³-hybridized carbons (Fsp3) is 0.471. The Morgan fingerprint density at radius 1 is 1.15 bits per heavy atom. The van der Waals surface area contributed by atoms with Crippen molar-refractivity contribution < 1.29 is 0 Å². The number of nitrogens with zero attached hydrogens (tertiary/aromatic N) is 1. The summed E-state index contributed by atoms with van der Waals surface area (Å²) in [4.78, 5) is 4.40. The molecular weight excluding hydrogens is 268 g/mol. The quantitative estimate of drug-likeness (QED) is 0.856. The summed E-state index contributed by atoms with van der Waals surface area (Å²) in [5, 5.41) is 5.18. The van der Waals surface area contributed by atoms with E-state index in [1.165, 1.54) is 36.6 Å². The van der Waals surface area contributed by atoms with Crippen molar-refractivity contribution in [2.45, 2.75) is 37.6 Å². The summed E-state index contributed by atoms with van der Waals surface area (Å²) in [6.07, 6.45) is 6.95. The van der Waals surface area contributed by atoms with Gasteiger partial charge in [-0.05, 0) is 43.0 Å². The molecule has 0 saturated heterocycles. The first kappa shape index (κ1) is 13.8. The molecule has 2 aromatic rings. The topological polar surface area (TPSA) is 24.9 Å². The second-order valence-electron chi connectivity index (χ2n) is 5.68. The van der Waals surface area contributed by atoms with Gasteiger partial charge in [-0.15, -0.1) is 11.6 Å². The molecule has 1 aliphatic rings. The Labute approximate surface area is 125 Å². The van der Waals surface area contributed by atoms with Gasteiger partial charge in [0.25, 0.3) is 0 Å². The fourth-order valence-corrected chi connectivity index (χ4v) is 3.46. The normalized spacial score (nSPS) is 23.1. The minimum Gasteiger partial charge on any atom is -0.312 e. The molecule has 20 heavy (non-hydrogen) atoms. The molecule has 0 amide bonds. The summed E-state index contributed by atoms with van der Waals surface area (Å²) in [5.74, 6) is 0.624. The molecular formula is C17H21ClN2. The highest BCUT2D eigenvalue weighted by Crippen LogP contribution is 2.28. The van der Waals surface area contributed by atoms with E-state index in [-0.39, 0.29) is 0 Å². The Bertz CT molecular complexity index is 564. The van der Waals surface area contributed by atoms with Crippen molar-refractivity contribution in [2.75, 3.05) is 6.54 Å². The Morgan fingerprint density at radius 2 is 2.00 bits per heavy atom. The molecule has 0 radical (unpaired) electrons. The molecule has 0 bridgehead atoms. The Balaban J connectivity index is 1.62. The lowest BCUT2D eigenvalue weighted by Crippen LogP contribution is -2.30. The number of para-hydroxylation sites is 1. The van der Waals surface area contributed by atoms with Crippen molar-refractivity contribution in [3.63, 3.8) is 0 Å². The maximum Gasteiger partial charge on any atom is 0.0705 e. The molecule has 2 unspecified atom stereocenters. The molecule has 1 saturated carbocycles.